The predicted molar refractivity (Wildman–Crippen MR) is 97.9 cm³/mol. The molecule has 0 bridgehead atoms. The van der Waals surface area contributed by atoms with Crippen LogP contribution in [0.4, 0.5) is 0 Å². The highest BCUT2D eigenvalue weighted by atomic mass is 16.3. The van der Waals surface area contributed by atoms with E-state index in [4.69, 9.17) is 0 Å². The molecule has 4 aliphatic rings. The highest BCUT2D eigenvalue weighted by Gasteiger charge is 2.62. The van der Waals surface area contributed by atoms with Gasteiger partial charge in [0.15, 0.2) is 0 Å². The fraction of sp³-hybridized carbons (Fsp3) is 0.955. The van der Waals surface area contributed by atoms with E-state index in [1.807, 2.05) is 0 Å². The Bertz CT molecular complexity index is 545. The third-order valence-corrected chi connectivity index (χ3v) is 9.55. The number of aliphatic hydroxyl groups excluding tert-OH is 2. The van der Waals surface area contributed by atoms with Crippen molar-refractivity contribution >= 4 is 5.78 Å². The number of Topliss-reactive ketones (excluding diaryl/α,β-unsaturated/α-hetero) is 1. The standard InChI is InChI=1S/C22H36O3/c1-13(12-23)16-4-5-17-20-18(7-9-22(16,17)3)21(2)8-6-15(24)10-14(21)11-19(20)25/h13-14,16-20,23,25H,4-12H2,1-3H3/t13-,14-,16-,17?,18?,19-,20?,21+,22?/m1/s1. The molecular formula is C22H36O3. The molecule has 0 aromatic rings. The van der Waals surface area contributed by atoms with E-state index >= 15 is 0 Å². The summed E-state index contributed by atoms with van der Waals surface area (Å²) >= 11 is 0. The van der Waals surface area contributed by atoms with Gasteiger partial charge in [0.25, 0.3) is 0 Å². The van der Waals surface area contributed by atoms with Gasteiger partial charge in [-0.2, -0.15) is 0 Å². The average Bonchev–Trinajstić information content (AvgIpc) is 2.93. The largest absolute Gasteiger partial charge is 0.396 e. The van der Waals surface area contributed by atoms with Gasteiger partial charge in [0.2, 0.25) is 0 Å². The maximum absolute atomic E-state index is 12.0. The van der Waals surface area contributed by atoms with Crippen molar-refractivity contribution in [3.63, 3.8) is 0 Å². The van der Waals surface area contributed by atoms with Crippen molar-refractivity contribution < 1.29 is 15.0 Å². The zero-order valence-electron chi connectivity index (χ0n) is 16.2. The summed E-state index contributed by atoms with van der Waals surface area (Å²) in [6.45, 7) is 7.36. The maximum Gasteiger partial charge on any atom is 0.133 e. The van der Waals surface area contributed by atoms with Crippen LogP contribution < -0.4 is 0 Å². The molecule has 0 heterocycles. The van der Waals surface area contributed by atoms with E-state index < -0.39 is 0 Å². The lowest BCUT2D eigenvalue weighted by Crippen LogP contribution is -2.58. The van der Waals surface area contributed by atoms with E-state index in [9.17, 15) is 15.0 Å². The van der Waals surface area contributed by atoms with Crippen molar-refractivity contribution in [2.45, 2.75) is 78.2 Å². The van der Waals surface area contributed by atoms with E-state index in [0.717, 1.165) is 19.3 Å². The van der Waals surface area contributed by atoms with Crippen molar-refractivity contribution in [1.29, 1.82) is 0 Å². The number of rotatable bonds is 2. The molecule has 142 valence electrons. The molecule has 25 heavy (non-hydrogen) atoms. The predicted octanol–water partition coefficient (Wildman–Crippen LogP) is 3.81. The SMILES string of the molecule is C[C@H](CO)[C@H]1CCC2C3C(CCC21C)[C@@]1(C)CCC(=O)C[C@@H]1C[C@H]3O. The van der Waals surface area contributed by atoms with Gasteiger partial charge in [-0.05, 0) is 84.9 Å². The molecular weight excluding hydrogens is 312 g/mol. The Balaban J connectivity index is 1.64. The number of carbonyl (C=O) groups is 1. The van der Waals surface area contributed by atoms with Crippen LogP contribution in [0.5, 0.6) is 0 Å². The Morgan fingerprint density at radius 3 is 2.56 bits per heavy atom. The van der Waals surface area contributed by atoms with E-state index in [1.54, 1.807) is 0 Å². The Morgan fingerprint density at radius 1 is 1.12 bits per heavy atom. The van der Waals surface area contributed by atoms with Crippen LogP contribution in [0.15, 0.2) is 0 Å². The van der Waals surface area contributed by atoms with Crippen LogP contribution in [0.3, 0.4) is 0 Å². The Hall–Kier alpha value is -0.410. The first-order chi connectivity index (χ1) is 11.8. The van der Waals surface area contributed by atoms with Gasteiger partial charge in [-0.1, -0.05) is 20.8 Å². The van der Waals surface area contributed by atoms with Gasteiger partial charge in [0, 0.05) is 19.4 Å². The molecule has 2 N–H and O–H groups in total. The first kappa shape index (κ1) is 18.0. The Labute approximate surface area is 152 Å². The second kappa shape index (κ2) is 6.05. The van der Waals surface area contributed by atoms with Crippen LogP contribution in [0.25, 0.3) is 0 Å². The summed E-state index contributed by atoms with van der Waals surface area (Å²) in [6.07, 6.45) is 7.92. The molecule has 0 radical (unpaired) electrons. The molecule has 4 unspecified atom stereocenters. The number of fused-ring (bicyclic) bond motifs is 5. The van der Waals surface area contributed by atoms with E-state index in [1.165, 1.54) is 25.7 Å². The quantitative estimate of drug-likeness (QED) is 0.798. The summed E-state index contributed by atoms with van der Waals surface area (Å²) in [4.78, 5) is 12.0. The molecule has 3 heteroatoms. The molecule has 0 aromatic heterocycles. The summed E-state index contributed by atoms with van der Waals surface area (Å²) in [5.41, 5.74) is 0.526. The van der Waals surface area contributed by atoms with Crippen molar-refractivity contribution in [1.82, 2.24) is 0 Å². The molecule has 3 nitrogen and oxygen atoms in total. The second-order valence-electron chi connectivity index (χ2n) is 10.4. The molecule has 0 spiro atoms. The highest BCUT2D eigenvalue weighted by Crippen LogP contribution is 2.67. The molecule has 0 amide bonds. The number of carbonyl (C=O) groups excluding carboxylic acids is 1. The normalized spacial score (nSPS) is 53.7. The van der Waals surface area contributed by atoms with Crippen molar-refractivity contribution in [3.8, 4) is 0 Å². The number of hydrogen-bond donors (Lipinski definition) is 2. The highest BCUT2D eigenvalue weighted by molar-refractivity contribution is 5.79. The minimum atomic E-state index is -0.234. The number of ketones is 1. The average molecular weight is 349 g/mol. The van der Waals surface area contributed by atoms with Crippen molar-refractivity contribution in [2.75, 3.05) is 6.61 Å². The third-order valence-electron chi connectivity index (χ3n) is 9.55. The lowest BCUT2D eigenvalue weighted by molar-refractivity contribution is -0.169. The van der Waals surface area contributed by atoms with Gasteiger partial charge < -0.3 is 10.2 Å². The number of aliphatic hydroxyl groups is 2. The molecule has 0 saturated heterocycles. The molecule has 9 atom stereocenters. The summed E-state index contributed by atoms with van der Waals surface area (Å²) in [6, 6.07) is 0. The zero-order valence-corrected chi connectivity index (χ0v) is 16.2. The van der Waals surface area contributed by atoms with Crippen LogP contribution in [-0.2, 0) is 4.79 Å². The van der Waals surface area contributed by atoms with Gasteiger partial charge in [-0.3, -0.25) is 4.79 Å². The van der Waals surface area contributed by atoms with E-state index in [0.29, 0.717) is 47.7 Å². The maximum atomic E-state index is 12.0. The lowest BCUT2D eigenvalue weighted by Gasteiger charge is -2.61. The van der Waals surface area contributed by atoms with Gasteiger partial charge in [-0.15, -0.1) is 0 Å². The molecule has 4 saturated carbocycles. The fourth-order valence-electron chi connectivity index (χ4n) is 8.12. The van der Waals surface area contributed by atoms with Gasteiger partial charge in [-0.25, -0.2) is 0 Å². The van der Waals surface area contributed by atoms with Gasteiger partial charge in [0.1, 0.15) is 5.78 Å². The molecule has 4 aliphatic carbocycles. The van der Waals surface area contributed by atoms with Gasteiger partial charge >= 0.3 is 0 Å². The monoisotopic (exact) mass is 348 g/mol. The van der Waals surface area contributed by atoms with Crippen LogP contribution in [0.1, 0.15) is 72.1 Å². The molecule has 4 rings (SSSR count). The second-order valence-corrected chi connectivity index (χ2v) is 10.4. The van der Waals surface area contributed by atoms with E-state index in [2.05, 4.69) is 20.8 Å². The first-order valence-electron chi connectivity index (χ1n) is 10.6. The minimum Gasteiger partial charge on any atom is -0.396 e. The first-order valence-corrected chi connectivity index (χ1v) is 10.6. The molecule has 0 aromatic carbocycles. The minimum absolute atomic E-state index is 0.234. The molecule has 4 fully saturated rings. The molecule has 0 aliphatic heterocycles. The lowest BCUT2D eigenvalue weighted by atomic mass is 9.44. The topological polar surface area (TPSA) is 57.5 Å². The summed E-state index contributed by atoms with van der Waals surface area (Å²) < 4.78 is 0. The summed E-state index contributed by atoms with van der Waals surface area (Å²) in [7, 11) is 0. The van der Waals surface area contributed by atoms with Crippen LogP contribution in [0.2, 0.25) is 0 Å². The van der Waals surface area contributed by atoms with Gasteiger partial charge in [0.05, 0.1) is 6.10 Å². The van der Waals surface area contributed by atoms with Crippen LogP contribution in [0, 0.1) is 46.3 Å². The summed E-state index contributed by atoms with van der Waals surface area (Å²) in [5.74, 6) is 3.33. The van der Waals surface area contributed by atoms with E-state index in [-0.39, 0.29) is 23.5 Å². The van der Waals surface area contributed by atoms with Crippen LogP contribution >= 0.6 is 0 Å². The van der Waals surface area contributed by atoms with Crippen molar-refractivity contribution in [2.24, 2.45) is 46.3 Å². The van der Waals surface area contributed by atoms with Crippen LogP contribution in [-0.4, -0.2) is 28.7 Å². The number of hydrogen-bond acceptors (Lipinski definition) is 3. The zero-order chi connectivity index (χ0) is 18.0. The third kappa shape index (κ3) is 2.48. The smallest absolute Gasteiger partial charge is 0.133 e. The Kier molecular flexibility index (Phi) is 4.35. The van der Waals surface area contributed by atoms with Crippen molar-refractivity contribution in [3.05, 3.63) is 0 Å². The fourth-order valence-corrected chi connectivity index (χ4v) is 8.12. The summed E-state index contributed by atoms with van der Waals surface area (Å²) in [5, 5.41) is 20.9. The Morgan fingerprint density at radius 2 is 1.84 bits per heavy atom.